The van der Waals surface area contributed by atoms with Crippen molar-refractivity contribution in [1.29, 1.82) is 0 Å². The average Bonchev–Trinajstić information content (AvgIpc) is 3.02. The lowest BCUT2D eigenvalue weighted by Gasteiger charge is -2.04. The fraction of sp³-hybridized carbons (Fsp3) is 0.267. The summed E-state index contributed by atoms with van der Waals surface area (Å²) in [6.45, 7) is 1.73. The van der Waals surface area contributed by atoms with Gasteiger partial charge in [-0.2, -0.15) is 5.10 Å². The van der Waals surface area contributed by atoms with E-state index in [9.17, 15) is 14.7 Å². The van der Waals surface area contributed by atoms with Crippen molar-refractivity contribution >= 4 is 34.1 Å². The number of amides is 2. The molecule has 9 nitrogen and oxygen atoms in total. The van der Waals surface area contributed by atoms with Crippen molar-refractivity contribution in [2.75, 3.05) is 0 Å². The summed E-state index contributed by atoms with van der Waals surface area (Å²) in [6, 6.07) is 7.18. The van der Waals surface area contributed by atoms with Crippen LogP contribution in [-0.2, 0) is 9.59 Å². The Bertz CT molecular complexity index is 840. The van der Waals surface area contributed by atoms with Gasteiger partial charge in [-0.05, 0) is 19.4 Å². The van der Waals surface area contributed by atoms with E-state index in [0.717, 1.165) is 0 Å². The molecule has 1 atom stereocenters. The van der Waals surface area contributed by atoms with E-state index >= 15 is 0 Å². The summed E-state index contributed by atoms with van der Waals surface area (Å²) in [5, 5.41) is 21.8. The topological polar surface area (TPSA) is 151 Å². The second-order valence-corrected chi connectivity index (χ2v) is 5.28. The summed E-state index contributed by atoms with van der Waals surface area (Å²) in [7, 11) is 0. The van der Waals surface area contributed by atoms with Crippen LogP contribution in [0.2, 0.25) is 0 Å². The number of carbonyl (C=O) groups excluding carboxylic acids is 2. The first-order chi connectivity index (χ1) is 11.1. The molecular formula is C15H17N5O4. The number of benzene rings is 1. The number of carbonyl (C=O) groups is 2. The summed E-state index contributed by atoms with van der Waals surface area (Å²) in [5.41, 5.74) is 3.97. The van der Waals surface area contributed by atoms with Gasteiger partial charge in [-0.25, -0.2) is 5.43 Å². The van der Waals surface area contributed by atoms with Gasteiger partial charge in [-0.15, -0.1) is 10.2 Å². The molecule has 1 unspecified atom stereocenters. The van der Waals surface area contributed by atoms with Crippen LogP contribution < -0.4 is 5.43 Å². The van der Waals surface area contributed by atoms with Crippen molar-refractivity contribution in [2.45, 2.75) is 19.8 Å². The van der Waals surface area contributed by atoms with Crippen molar-refractivity contribution in [1.82, 2.24) is 10.4 Å². The molecule has 1 aromatic heterocycles. The number of aromatic nitrogens is 1. The number of rotatable bonds is 4. The number of nitrogens with one attached hydrogen (secondary N) is 2. The number of aromatic hydroxyl groups is 1. The van der Waals surface area contributed by atoms with Crippen LogP contribution in [0.1, 0.15) is 19.8 Å². The Morgan fingerprint density at radius 3 is 2.83 bits per heavy atom. The lowest BCUT2D eigenvalue weighted by atomic mass is 9.99. The molecule has 1 aliphatic heterocycles. The number of nitrogens with zero attached hydrogens (tertiary/aromatic N) is 3. The molecule has 2 aromatic rings. The number of fused-ring (bicyclic) bond motifs is 1. The fourth-order valence-electron chi connectivity index (χ4n) is 2.47. The van der Waals surface area contributed by atoms with Crippen LogP contribution in [0.3, 0.4) is 0 Å². The smallest absolute Gasteiger partial charge is 0.264 e. The first-order valence-electron chi connectivity index (χ1n) is 7.14. The number of hydrogen-bond donors (Lipinski definition) is 3. The molecule has 0 fully saturated rings. The third-order valence-corrected chi connectivity index (χ3v) is 3.73. The molecule has 2 heterocycles. The Kier molecular flexibility index (Phi) is 5.05. The minimum Gasteiger partial charge on any atom is -0.493 e. The molecule has 1 aromatic carbocycles. The standard InChI is InChI=1S/C15H15N5O3.H2O/c1-8-9(14(22)20-17-8)6-7-12(21)18-19-13-10-4-2-3-5-11(10)16-15(13)23;/h2-5,9,16,23H,6-7H2,1H3,(H,20,22);1H2. The van der Waals surface area contributed by atoms with Gasteiger partial charge in [-0.1, -0.05) is 18.2 Å². The van der Waals surface area contributed by atoms with Crippen LogP contribution in [0.5, 0.6) is 5.88 Å². The molecule has 0 bridgehead atoms. The third kappa shape index (κ3) is 3.30. The van der Waals surface area contributed by atoms with Gasteiger partial charge in [0.15, 0.2) is 5.69 Å². The summed E-state index contributed by atoms with van der Waals surface area (Å²) in [6.07, 6.45) is 0.413. The molecule has 1 aliphatic rings. The van der Waals surface area contributed by atoms with Crippen LogP contribution in [0.15, 0.2) is 39.6 Å². The van der Waals surface area contributed by atoms with Crippen molar-refractivity contribution in [3.8, 4) is 5.88 Å². The maximum atomic E-state index is 11.8. The monoisotopic (exact) mass is 331 g/mol. The molecule has 5 N–H and O–H groups in total. The first kappa shape index (κ1) is 17.3. The van der Waals surface area contributed by atoms with Gasteiger partial charge in [0.2, 0.25) is 11.8 Å². The lowest BCUT2D eigenvalue weighted by Crippen LogP contribution is -2.22. The molecule has 0 saturated heterocycles. The van der Waals surface area contributed by atoms with E-state index in [0.29, 0.717) is 23.0 Å². The van der Waals surface area contributed by atoms with Gasteiger partial charge in [-0.3, -0.25) is 9.59 Å². The molecule has 126 valence electrons. The highest BCUT2D eigenvalue weighted by molar-refractivity contribution is 6.07. The summed E-state index contributed by atoms with van der Waals surface area (Å²) in [5.74, 6) is -1.19. The third-order valence-electron chi connectivity index (χ3n) is 3.73. The summed E-state index contributed by atoms with van der Waals surface area (Å²) < 4.78 is 0. The molecule has 0 spiro atoms. The molecule has 3 rings (SSSR count). The normalized spacial score (nSPS) is 17.0. The van der Waals surface area contributed by atoms with E-state index in [1.165, 1.54) is 0 Å². The highest BCUT2D eigenvalue weighted by atomic mass is 16.3. The van der Waals surface area contributed by atoms with E-state index in [4.69, 9.17) is 0 Å². The maximum absolute atomic E-state index is 11.8. The van der Waals surface area contributed by atoms with Gasteiger partial charge >= 0.3 is 0 Å². The molecule has 0 saturated carbocycles. The second-order valence-electron chi connectivity index (χ2n) is 5.28. The van der Waals surface area contributed by atoms with Gasteiger partial charge in [0, 0.05) is 17.5 Å². The largest absolute Gasteiger partial charge is 0.493 e. The molecule has 9 heteroatoms. The Hall–Kier alpha value is -3.07. The van der Waals surface area contributed by atoms with Crippen molar-refractivity contribution in [3.63, 3.8) is 0 Å². The maximum Gasteiger partial charge on any atom is 0.264 e. The number of para-hydroxylation sites is 1. The van der Waals surface area contributed by atoms with E-state index in [1.54, 1.807) is 25.1 Å². The van der Waals surface area contributed by atoms with E-state index in [2.05, 4.69) is 25.7 Å². The average molecular weight is 331 g/mol. The predicted molar refractivity (Wildman–Crippen MR) is 87.1 cm³/mol. The van der Waals surface area contributed by atoms with E-state index in [1.807, 2.05) is 6.07 Å². The van der Waals surface area contributed by atoms with Crippen molar-refractivity contribution < 1.29 is 20.2 Å². The Balaban J connectivity index is 0.00000208. The van der Waals surface area contributed by atoms with Gasteiger partial charge < -0.3 is 15.6 Å². The van der Waals surface area contributed by atoms with Crippen LogP contribution in [0, 0.1) is 5.92 Å². The molecule has 24 heavy (non-hydrogen) atoms. The van der Waals surface area contributed by atoms with Crippen LogP contribution in [0.25, 0.3) is 10.9 Å². The Labute approximate surface area is 136 Å². The molecule has 0 radical (unpaired) electrons. The molecule has 0 aliphatic carbocycles. The van der Waals surface area contributed by atoms with Gasteiger partial charge in [0.05, 0.1) is 11.4 Å². The van der Waals surface area contributed by atoms with Gasteiger partial charge in [0.1, 0.15) is 0 Å². The zero-order valence-corrected chi connectivity index (χ0v) is 12.9. The van der Waals surface area contributed by atoms with Crippen molar-refractivity contribution in [2.24, 2.45) is 21.2 Å². The number of hydrazone groups is 1. The van der Waals surface area contributed by atoms with Crippen molar-refractivity contribution in [3.05, 3.63) is 24.3 Å². The lowest BCUT2D eigenvalue weighted by molar-refractivity contribution is -0.122. The zero-order valence-electron chi connectivity index (χ0n) is 12.9. The molecule has 2 amide bonds. The minimum atomic E-state index is -0.456. The second kappa shape index (κ2) is 7.01. The summed E-state index contributed by atoms with van der Waals surface area (Å²) >= 11 is 0. The van der Waals surface area contributed by atoms with Crippen LogP contribution in [0.4, 0.5) is 5.69 Å². The Morgan fingerprint density at radius 2 is 2.12 bits per heavy atom. The predicted octanol–water partition coefficient (Wildman–Crippen LogP) is 1.56. The zero-order chi connectivity index (χ0) is 16.4. The van der Waals surface area contributed by atoms with Gasteiger partial charge in [0.25, 0.3) is 5.91 Å². The Morgan fingerprint density at radius 1 is 1.38 bits per heavy atom. The van der Waals surface area contributed by atoms with Crippen LogP contribution >= 0.6 is 0 Å². The van der Waals surface area contributed by atoms with E-state index in [-0.39, 0.29) is 29.4 Å². The minimum absolute atomic E-state index is 0. The van der Waals surface area contributed by atoms with E-state index < -0.39 is 11.8 Å². The fourth-order valence-corrected chi connectivity index (χ4v) is 2.47. The molecular weight excluding hydrogens is 314 g/mol. The first-order valence-corrected chi connectivity index (χ1v) is 7.14. The highest BCUT2D eigenvalue weighted by Crippen LogP contribution is 2.35. The number of aromatic amines is 1. The number of H-pyrrole nitrogens is 1. The SMILES string of the molecule is CC1=NNC(=O)C1CCC(=O)N=Nc1c(O)[nH]c2ccccc12.O. The number of hydrogen-bond acceptors (Lipinski definition) is 5. The van der Waals surface area contributed by atoms with Crippen LogP contribution in [-0.4, -0.2) is 33.1 Å². The summed E-state index contributed by atoms with van der Waals surface area (Å²) in [4.78, 5) is 26.1. The quantitative estimate of drug-likeness (QED) is 0.729. The highest BCUT2D eigenvalue weighted by Gasteiger charge is 2.27. The number of azo groups is 1.